The van der Waals surface area contributed by atoms with Gasteiger partial charge in [-0.3, -0.25) is 0 Å². The smallest absolute Gasteiger partial charge is 0.0470 e. The van der Waals surface area contributed by atoms with Crippen molar-refractivity contribution in [2.75, 3.05) is 7.05 Å². The van der Waals surface area contributed by atoms with Gasteiger partial charge in [0.1, 0.15) is 0 Å². The summed E-state index contributed by atoms with van der Waals surface area (Å²) >= 11 is 0. The van der Waals surface area contributed by atoms with Crippen molar-refractivity contribution in [2.24, 2.45) is 0 Å². The van der Waals surface area contributed by atoms with Crippen LogP contribution < -0.4 is 5.32 Å². The minimum absolute atomic E-state index is 0.414. The average Bonchev–Trinajstić information content (AvgIpc) is 2.78. The predicted molar refractivity (Wildman–Crippen MR) is 67.5 cm³/mol. The Balaban J connectivity index is 2.09. The summed E-state index contributed by atoms with van der Waals surface area (Å²) in [6.45, 7) is 3.11. The van der Waals surface area contributed by atoms with E-state index in [1.54, 1.807) is 0 Å². The molecule has 2 heteroatoms. The lowest BCUT2D eigenvalue weighted by atomic mass is 10.2. The van der Waals surface area contributed by atoms with Crippen LogP contribution in [-0.4, -0.2) is 11.6 Å². The van der Waals surface area contributed by atoms with Crippen LogP contribution in [0.4, 0.5) is 0 Å². The summed E-state index contributed by atoms with van der Waals surface area (Å²) in [5, 5.41) is 3.25. The van der Waals surface area contributed by atoms with E-state index in [2.05, 4.69) is 59.5 Å². The van der Waals surface area contributed by atoms with E-state index in [4.69, 9.17) is 0 Å². The first-order valence-corrected chi connectivity index (χ1v) is 5.66. The molecule has 1 N–H and O–H groups in total. The molecule has 1 heterocycles. The van der Waals surface area contributed by atoms with E-state index in [-0.39, 0.29) is 0 Å². The van der Waals surface area contributed by atoms with Gasteiger partial charge in [-0.15, -0.1) is 0 Å². The van der Waals surface area contributed by atoms with Gasteiger partial charge in [0.25, 0.3) is 0 Å². The van der Waals surface area contributed by atoms with E-state index in [1.807, 2.05) is 13.1 Å². The highest BCUT2D eigenvalue weighted by atomic mass is 14.9. The predicted octanol–water partition coefficient (Wildman–Crippen LogP) is 2.82. The molecule has 2 aromatic rings. The molecule has 0 aliphatic heterocycles. The fourth-order valence-electron chi connectivity index (χ4n) is 1.77. The molecule has 2 nitrogen and oxygen atoms in total. The normalized spacial score (nSPS) is 12.6. The van der Waals surface area contributed by atoms with Crippen molar-refractivity contribution in [3.8, 4) is 0 Å². The molecule has 16 heavy (non-hydrogen) atoms. The summed E-state index contributed by atoms with van der Waals surface area (Å²) in [6, 6.07) is 13.1. The van der Waals surface area contributed by atoms with Crippen LogP contribution in [0.3, 0.4) is 0 Å². The van der Waals surface area contributed by atoms with Gasteiger partial charge in [-0.1, -0.05) is 30.3 Å². The number of nitrogens with zero attached hydrogens (tertiary/aromatic N) is 1. The first kappa shape index (κ1) is 11.0. The Hall–Kier alpha value is -1.54. The lowest BCUT2D eigenvalue weighted by Gasteiger charge is -2.07. The van der Waals surface area contributed by atoms with Gasteiger partial charge in [0, 0.05) is 25.0 Å². The Bertz CT molecular complexity index is 431. The summed E-state index contributed by atoms with van der Waals surface area (Å²) in [4.78, 5) is 0. The SMILES string of the molecule is CN[C@H](C)c1ccn(Cc2ccccc2)c1. The molecule has 0 aliphatic rings. The maximum Gasteiger partial charge on any atom is 0.0470 e. The van der Waals surface area contributed by atoms with Crippen LogP contribution >= 0.6 is 0 Å². The Morgan fingerprint density at radius 3 is 2.62 bits per heavy atom. The average molecular weight is 214 g/mol. The fraction of sp³-hybridized carbons (Fsp3) is 0.286. The summed E-state index contributed by atoms with van der Waals surface area (Å²) in [7, 11) is 1.99. The summed E-state index contributed by atoms with van der Waals surface area (Å²) in [5.41, 5.74) is 2.67. The molecule has 2 rings (SSSR count). The molecule has 0 aliphatic carbocycles. The second kappa shape index (κ2) is 4.99. The van der Waals surface area contributed by atoms with Crippen LogP contribution in [0.25, 0.3) is 0 Å². The van der Waals surface area contributed by atoms with Gasteiger partial charge in [0.05, 0.1) is 0 Å². The minimum atomic E-state index is 0.414. The fourth-order valence-corrected chi connectivity index (χ4v) is 1.77. The third kappa shape index (κ3) is 2.52. The molecule has 0 radical (unpaired) electrons. The van der Waals surface area contributed by atoms with E-state index < -0.39 is 0 Å². The Morgan fingerprint density at radius 1 is 1.19 bits per heavy atom. The molecule has 1 atom stereocenters. The molecule has 0 bridgehead atoms. The summed E-state index contributed by atoms with van der Waals surface area (Å²) in [5.74, 6) is 0. The lowest BCUT2D eigenvalue weighted by Crippen LogP contribution is -2.11. The standard InChI is InChI=1S/C14H18N2/c1-12(15-2)14-8-9-16(11-14)10-13-6-4-3-5-7-13/h3-9,11-12,15H,10H2,1-2H3/t12-/m1/s1. The molecular formula is C14H18N2. The molecular weight excluding hydrogens is 196 g/mol. The maximum atomic E-state index is 3.25. The van der Waals surface area contributed by atoms with Crippen LogP contribution in [0, 0.1) is 0 Å². The monoisotopic (exact) mass is 214 g/mol. The van der Waals surface area contributed by atoms with Crippen molar-refractivity contribution in [1.29, 1.82) is 0 Å². The number of hydrogen-bond donors (Lipinski definition) is 1. The highest BCUT2D eigenvalue weighted by Gasteiger charge is 2.03. The first-order valence-electron chi connectivity index (χ1n) is 5.66. The van der Waals surface area contributed by atoms with Gasteiger partial charge in [0.2, 0.25) is 0 Å². The highest BCUT2D eigenvalue weighted by Crippen LogP contribution is 2.13. The van der Waals surface area contributed by atoms with Gasteiger partial charge < -0.3 is 9.88 Å². The molecule has 84 valence electrons. The molecule has 0 spiro atoms. The van der Waals surface area contributed by atoms with Crippen LogP contribution in [0.15, 0.2) is 48.8 Å². The lowest BCUT2D eigenvalue weighted by molar-refractivity contribution is 0.649. The molecule has 0 fully saturated rings. The van der Waals surface area contributed by atoms with Gasteiger partial charge in [-0.05, 0) is 31.2 Å². The third-order valence-corrected chi connectivity index (χ3v) is 2.91. The highest BCUT2D eigenvalue weighted by molar-refractivity contribution is 5.19. The maximum absolute atomic E-state index is 3.25. The zero-order valence-corrected chi connectivity index (χ0v) is 9.85. The van der Waals surface area contributed by atoms with E-state index in [1.165, 1.54) is 11.1 Å². The van der Waals surface area contributed by atoms with Crippen LogP contribution in [0.1, 0.15) is 24.1 Å². The second-order valence-electron chi connectivity index (χ2n) is 4.11. The van der Waals surface area contributed by atoms with Crippen molar-refractivity contribution in [3.05, 3.63) is 59.9 Å². The Morgan fingerprint density at radius 2 is 1.94 bits per heavy atom. The van der Waals surface area contributed by atoms with E-state index in [0.29, 0.717) is 6.04 Å². The first-order chi connectivity index (χ1) is 7.79. The number of hydrogen-bond acceptors (Lipinski definition) is 1. The van der Waals surface area contributed by atoms with Crippen molar-refractivity contribution in [3.63, 3.8) is 0 Å². The minimum Gasteiger partial charge on any atom is -0.350 e. The summed E-state index contributed by atoms with van der Waals surface area (Å²) < 4.78 is 2.22. The van der Waals surface area contributed by atoms with Crippen molar-refractivity contribution >= 4 is 0 Å². The largest absolute Gasteiger partial charge is 0.350 e. The van der Waals surface area contributed by atoms with Crippen LogP contribution in [0.2, 0.25) is 0 Å². The number of nitrogens with one attached hydrogen (secondary N) is 1. The quantitative estimate of drug-likeness (QED) is 0.828. The van der Waals surface area contributed by atoms with Gasteiger partial charge in [-0.25, -0.2) is 0 Å². The van der Waals surface area contributed by atoms with E-state index >= 15 is 0 Å². The molecule has 0 saturated carbocycles. The van der Waals surface area contributed by atoms with Gasteiger partial charge in [0.15, 0.2) is 0 Å². The van der Waals surface area contributed by atoms with Crippen molar-refractivity contribution in [2.45, 2.75) is 19.5 Å². The van der Waals surface area contributed by atoms with Crippen LogP contribution in [0.5, 0.6) is 0 Å². The summed E-state index contributed by atoms with van der Waals surface area (Å²) in [6.07, 6.45) is 4.34. The van der Waals surface area contributed by atoms with Crippen molar-refractivity contribution < 1.29 is 0 Å². The van der Waals surface area contributed by atoms with E-state index in [9.17, 15) is 0 Å². The second-order valence-corrected chi connectivity index (χ2v) is 4.11. The van der Waals surface area contributed by atoms with Crippen LogP contribution in [-0.2, 0) is 6.54 Å². The Kier molecular flexibility index (Phi) is 3.42. The Labute approximate surface area is 96.9 Å². The van der Waals surface area contributed by atoms with E-state index in [0.717, 1.165) is 6.54 Å². The zero-order valence-electron chi connectivity index (χ0n) is 9.85. The molecule has 1 aromatic heterocycles. The molecule has 1 aromatic carbocycles. The zero-order chi connectivity index (χ0) is 11.4. The number of rotatable bonds is 4. The molecule has 0 saturated heterocycles. The molecule has 0 unspecified atom stereocenters. The molecule has 0 amide bonds. The van der Waals surface area contributed by atoms with Gasteiger partial charge in [-0.2, -0.15) is 0 Å². The van der Waals surface area contributed by atoms with Gasteiger partial charge >= 0.3 is 0 Å². The van der Waals surface area contributed by atoms with Crippen molar-refractivity contribution in [1.82, 2.24) is 9.88 Å². The number of benzene rings is 1. The number of aromatic nitrogens is 1. The third-order valence-electron chi connectivity index (χ3n) is 2.91. The topological polar surface area (TPSA) is 17.0 Å².